The fourth-order valence-electron chi connectivity index (χ4n) is 2.21. The molecule has 22 heavy (non-hydrogen) atoms. The van der Waals surface area contributed by atoms with E-state index in [1.807, 2.05) is 49.3 Å². The lowest BCUT2D eigenvalue weighted by atomic mass is 10.2. The molecule has 6 heteroatoms. The number of rotatable bonds is 5. The predicted octanol–water partition coefficient (Wildman–Crippen LogP) is 2.16. The van der Waals surface area contributed by atoms with Crippen molar-refractivity contribution in [1.29, 1.82) is 0 Å². The zero-order chi connectivity index (χ0) is 16.3. The summed E-state index contributed by atoms with van der Waals surface area (Å²) in [6.45, 7) is 0.318. The normalized spacial score (nSPS) is 11.6. The molecule has 0 amide bonds. The van der Waals surface area contributed by atoms with Crippen LogP contribution in [0.15, 0.2) is 53.4 Å². The van der Waals surface area contributed by atoms with Crippen LogP contribution in [-0.2, 0) is 16.6 Å². The molecule has 0 unspecified atom stereocenters. The summed E-state index contributed by atoms with van der Waals surface area (Å²) < 4.78 is 26.6. The van der Waals surface area contributed by atoms with E-state index in [0.717, 1.165) is 11.3 Å². The number of anilines is 2. The third kappa shape index (κ3) is 3.40. The van der Waals surface area contributed by atoms with Crippen LogP contribution in [0.2, 0.25) is 0 Å². The van der Waals surface area contributed by atoms with Crippen LogP contribution in [0.1, 0.15) is 5.56 Å². The van der Waals surface area contributed by atoms with Crippen molar-refractivity contribution in [3.05, 3.63) is 54.1 Å². The summed E-state index contributed by atoms with van der Waals surface area (Å²) in [6, 6.07) is 14.3. The van der Waals surface area contributed by atoms with Crippen molar-refractivity contribution in [2.75, 3.05) is 31.8 Å². The van der Waals surface area contributed by atoms with Crippen LogP contribution in [0.4, 0.5) is 11.4 Å². The Labute approximate surface area is 132 Å². The van der Waals surface area contributed by atoms with E-state index < -0.39 is 10.0 Å². The Morgan fingerprint density at radius 3 is 2.18 bits per heavy atom. The molecule has 2 N–H and O–H groups in total. The van der Waals surface area contributed by atoms with Gasteiger partial charge in [0, 0.05) is 27.7 Å². The second kappa shape index (κ2) is 6.37. The molecule has 0 heterocycles. The Morgan fingerprint density at radius 2 is 1.64 bits per heavy atom. The van der Waals surface area contributed by atoms with Gasteiger partial charge >= 0.3 is 0 Å². The van der Waals surface area contributed by atoms with E-state index in [1.165, 1.54) is 10.4 Å². The molecule has 0 spiro atoms. The van der Waals surface area contributed by atoms with Crippen molar-refractivity contribution >= 4 is 21.4 Å². The summed E-state index contributed by atoms with van der Waals surface area (Å²) in [6.07, 6.45) is 0. The quantitative estimate of drug-likeness (QED) is 0.858. The van der Waals surface area contributed by atoms with Crippen molar-refractivity contribution in [3.8, 4) is 0 Å². The first-order valence-corrected chi connectivity index (χ1v) is 8.33. The van der Waals surface area contributed by atoms with Crippen molar-refractivity contribution in [2.45, 2.75) is 11.4 Å². The average molecular weight is 319 g/mol. The third-order valence-corrected chi connectivity index (χ3v) is 5.24. The maximum Gasteiger partial charge on any atom is 0.243 e. The van der Waals surface area contributed by atoms with Gasteiger partial charge in [0.2, 0.25) is 10.0 Å². The minimum Gasteiger partial charge on any atom is -0.397 e. The summed E-state index contributed by atoms with van der Waals surface area (Å²) in [5.74, 6) is 0. The fraction of sp³-hybridized carbons (Fsp3) is 0.250. The maximum absolute atomic E-state index is 12.6. The van der Waals surface area contributed by atoms with Gasteiger partial charge in [-0.25, -0.2) is 8.42 Å². The molecule has 0 aliphatic heterocycles. The Hall–Kier alpha value is -2.05. The number of benzene rings is 2. The topological polar surface area (TPSA) is 66.6 Å². The van der Waals surface area contributed by atoms with E-state index in [0.29, 0.717) is 12.2 Å². The minimum absolute atomic E-state index is 0.203. The van der Waals surface area contributed by atoms with E-state index in [-0.39, 0.29) is 4.90 Å². The second-order valence-electron chi connectivity index (χ2n) is 5.36. The number of hydrogen-bond donors (Lipinski definition) is 1. The lowest BCUT2D eigenvalue weighted by molar-refractivity contribution is 0.467. The standard InChI is InChI=1S/C16H21N3O2S/c1-18(2)16-10-9-14(11-15(16)17)22(20,21)19(3)12-13-7-5-4-6-8-13/h4-11H,12,17H2,1-3H3. The minimum atomic E-state index is -3.57. The highest BCUT2D eigenvalue weighted by atomic mass is 32.2. The summed E-state index contributed by atoms with van der Waals surface area (Å²) in [7, 11) is 1.73. The molecule has 118 valence electrons. The van der Waals surface area contributed by atoms with Gasteiger partial charge in [0.25, 0.3) is 0 Å². The summed E-state index contributed by atoms with van der Waals surface area (Å²) in [5, 5.41) is 0. The molecule has 0 atom stereocenters. The Balaban J connectivity index is 2.28. The first-order chi connectivity index (χ1) is 10.3. The van der Waals surface area contributed by atoms with Gasteiger partial charge in [0.15, 0.2) is 0 Å². The van der Waals surface area contributed by atoms with Crippen molar-refractivity contribution in [2.24, 2.45) is 0 Å². The zero-order valence-corrected chi connectivity index (χ0v) is 13.8. The summed E-state index contributed by atoms with van der Waals surface area (Å²) >= 11 is 0. The molecule has 0 saturated carbocycles. The molecule has 0 saturated heterocycles. The molecular weight excluding hydrogens is 298 g/mol. The van der Waals surface area contributed by atoms with E-state index in [1.54, 1.807) is 19.2 Å². The van der Waals surface area contributed by atoms with Crippen LogP contribution in [-0.4, -0.2) is 33.9 Å². The van der Waals surface area contributed by atoms with Gasteiger partial charge in [-0.2, -0.15) is 4.31 Å². The van der Waals surface area contributed by atoms with Crippen LogP contribution in [0.25, 0.3) is 0 Å². The van der Waals surface area contributed by atoms with Gasteiger partial charge in [0.05, 0.1) is 16.3 Å². The van der Waals surface area contributed by atoms with Gasteiger partial charge in [0.1, 0.15) is 0 Å². The van der Waals surface area contributed by atoms with Gasteiger partial charge in [-0.15, -0.1) is 0 Å². The van der Waals surface area contributed by atoms with Gasteiger partial charge in [-0.05, 0) is 23.8 Å². The van der Waals surface area contributed by atoms with Gasteiger partial charge < -0.3 is 10.6 Å². The number of nitrogens with zero attached hydrogens (tertiary/aromatic N) is 2. The van der Waals surface area contributed by atoms with Gasteiger partial charge in [-0.1, -0.05) is 30.3 Å². The van der Waals surface area contributed by atoms with Crippen LogP contribution < -0.4 is 10.6 Å². The zero-order valence-electron chi connectivity index (χ0n) is 13.0. The number of sulfonamides is 1. The van der Waals surface area contributed by atoms with Gasteiger partial charge in [-0.3, -0.25) is 0 Å². The third-order valence-electron chi connectivity index (χ3n) is 3.44. The number of nitrogen functional groups attached to an aromatic ring is 1. The largest absolute Gasteiger partial charge is 0.397 e. The first kappa shape index (κ1) is 16.3. The summed E-state index contributed by atoms with van der Waals surface area (Å²) in [4.78, 5) is 2.05. The van der Waals surface area contributed by atoms with E-state index in [2.05, 4.69) is 0 Å². The molecule has 0 aliphatic carbocycles. The van der Waals surface area contributed by atoms with E-state index in [4.69, 9.17) is 5.73 Å². The highest BCUT2D eigenvalue weighted by molar-refractivity contribution is 7.89. The molecule has 0 bridgehead atoms. The SMILES string of the molecule is CN(C)c1ccc(S(=O)(=O)N(C)Cc2ccccc2)cc1N. The van der Waals surface area contributed by atoms with Crippen molar-refractivity contribution in [1.82, 2.24) is 4.31 Å². The van der Waals surface area contributed by atoms with Crippen molar-refractivity contribution < 1.29 is 8.42 Å². The monoisotopic (exact) mass is 319 g/mol. The Morgan fingerprint density at radius 1 is 1.00 bits per heavy atom. The molecule has 0 radical (unpaired) electrons. The smallest absolute Gasteiger partial charge is 0.243 e. The molecule has 5 nitrogen and oxygen atoms in total. The highest BCUT2D eigenvalue weighted by Crippen LogP contribution is 2.26. The first-order valence-electron chi connectivity index (χ1n) is 6.89. The van der Waals surface area contributed by atoms with Crippen molar-refractivity contribution in [3.63, 3.8) is 0 Å². The molecule has 2 aromatic carbocycles. The second-order valence-corrected chi connectivity index (χ2v) is 7.41. The molecule has 0 aromatic heterocycles. The highest BCUT2D eigenvalue weighted by Gasteiger charge is 2.21. The molecular formula is C16H21N3O2S. The summed E-state index contributed by atoms with van der Waals surface area (Å²) in [5.41, 5.74) is 8.12. The molecule has 0 aliphatic rings. The maximum atomic E-state index is 12.6. The molecule has 2 rings (SSSR count). The number of nitrogens with two attached hydrogens (primary N) is 1. The van der Waals surface area contributed by atoms with Crippen LogP contribution in [0, 0.1) is 0 Å². The molecule has 0 fully saturated rings. The lowest BCUT2D eigenvalue weighted by Crippen LogP contribution is -2.26. The fourth-order valence-corrected chi connectivity index (χ4v) is 3.40. The Kier molecular flexibility index (Phi) is 4.73. The van der Waals surface area contributed by atoms with Crippen LogP contribution >= 0.6 is 0 Å². The lowest BCUT2D eigenvalue weighted by Gasteiger charge is -2.20. The van der Waals surface area contributed by atoms with E-state index in [9.17, 15) is 8.42 Å². The predicted molar refractivity (Wildman–Crippen MR) is 90.3 cm³/mol. The average Bonchev–Trinajstić information content (AvgIpc) is 2.47. The Bertz CT molecular complexity index is 743. The molecule has 2 aromatic rings. The van der Waals surface area contributed by atoms with Crippen LogP contribution in [0.5, 0.6) is 0 Å². The number of hydrogen-bond acceptors (Lipinski definition) is 4. The van der Waals surface area contributed by atoms with Crippen LogP contribution in [0.3, 0.4) is 0 Å². The van der Waals surface area contributed by atoms with E-state index >= 15 is 0 Å².